The van der Waals surface area contributed by atoms with E-state index in [2.05, 4.69) is 4.72 Å². The van der Waals surface area contributed by atoms with Gasteiger partial charge in [-0.25, -0.2) is 13.1 Å². The van der Waals surface area contributed by atoms with E-state index in [1.54, 1.807) is 13.1 Å². The minimum atomic E-state index is -3.70. The maximum absolute atomic E-state index is 12.4. The Morgan fingerprint density at radius 3 is 2.64 bits per heavy atom. The Kier molecular flexibility index (Phi) is 3.96. The summed E-state index contributed by atoms with van der Waals surface area (Å²) in [5, 5.41) is 0. The number of nitrogens with zero attached hydrogens (tertiary/aromatic N) is 1. The summed E-state index contributed by atoms with van der Waals surface area (Å²) in [6.07, 6.45) is 0.936. The van der Waals surface area contributed by atoms with Gasteiger partial charge in [-0.15, -0.1) is 0 Å². The van der Waals surface area contributed by atoms with Crippen LogP contribution in [0.2, 0.25) is 0 Å². The molecule has 0 bridgehead atoms. The summed E-state index contributed by atoms with van der Waals surface area (Å²) in [4.78, 5) is 13.1. The molecular formula is C14H18N2O5S. The Hall–Kier alpha value is -1.80. The van der Waals surface area contributed by atoms with Crippen molar-refractivity contribution in [2.75, 3.05) is 26.8 Å². The van der Waals surface area contributed by atoms with E-state index in [0.717, 1.165) is 6.42 Å². The summed E-state index contributed by atoms with van der Waals surface area (Å²) in [5.41, 5.74) is 0. The van der Waals surface area contributed by atoms with E-state index >= 15 is 0 Å². The van der Waals surface area contributed by atoms with Gasteiger partial charge in [0.2, 0.25) is 15.9 Å². The summed E-state index contributed by atoms with van der Waals surface area (Å²) < 4.78 is 38.4. The summed E-state index contributed by atoms with van der Waals surface area (Å²) in [6.45, 7) is 1.42. The molecule has 1 N–H and O–H groups in total. The van der Waals surface area contributed by atoms with Crippen molar-refractivity contribution in [3.8, 4) is 11.5 Å². The molecule has 120 valence electrons. The molecule has 0 unspecified atom stereocenters. The molecule has 3 rings (SSSR count). The highest BCUT2D eigenvalue weighted by atomic mass is 32.2. The maximum atomic E-state index is 12.4. The molecule has 1 aromatic carbocycles. The molecule has 1 fully saturated rings. The number of hydrogen-bond donors (Lipinski definition) is 1. The Morgan fingerprint density at radius 1 is 1.23 bits per heavy atom. The maximum Gasteiger partial charge on any atom is 0.241 e. The van der Waals surface area contributed by atoms with Gasteiger partial charge in [-0.1, -0.05) is 0 Å². The largest absolute Gasteiger partial charge is 0.490 e. The first-order valence-corrected chi connectivity index (χ1v) is 8.60. The van der Waals surface area contributed by atoms with Crippen LogP contribution in [0.5, 0.6) is 11.5 Å². The van der Waals surface area contributed by atoms with Crippen molar-refractivity contribution in [2.45, 2.75) is 23.8 Å². The number of likely N-dealkylation sites (N-methyl/N-ethyl adjacent to an activating group) is 1. The van der Waals surface area contributed by atoms with Crippen LogP contribution in [0.3, 0.4) is 0 Å². The van der Waals surface area contributed by atoms with Crippen molar-refractivity contribution in [2.24, 2.45) is 0 Å². The summed E-state index contributed by atoms with van der Waals surface area (Å²) in [6, 6.07) is 4.14. The number of carbonyl (C=O) groups excluding carboxylic acids is 1. The van der Waals surface area contributed by atoms with Gasteiger partial charge in [0, 0.05) is 38.5 Å². The van der Waals surface area contributed by atoms with Gasteiger partial charge in [0.05, 0.1) is 18.1 Å². The quantitative estimate of drug-likeness (QED) is 0.867. The number of rotatable bonds is 3. The molecule has 1 saturated heterocycles. The smallest absolute Gasteiger partial charge is 0.241 e. The van der Waals surface area contributed by atoms with Crippen LogP contribution in [0.4, 0.5) is 0 Å². The zero-order chi connectivity index (χ0) is 15.7. The monoisotopic (exact) mass is 326 g/mol. The summed E-state index contributed by atoms with van der Waals surface area (Å²) in [5.74, 6) is 0.915. The first-order chi connectivity index (χ1) is 10.5. The Balaban J connectivity index is 1.80. The molecule has 0 aliphatic carbocycles. The van der Waals surface area contributed by atoms with Crippen LogP contribution in [-0.2, 0) is 14.8 Å². The first-order valence-electron chi connectivity index (χ1n) is 7.12. The number of benzene rings is 1. The normalized spacial score (nSPS) is 21.8. The van der Waals surface area contributed by atoms with Crippen LogP contribution >= 0.6 is 0 Å². The fourth-order valence-corrected chi connectivity index (χ4v) is 3.78. The molecule has 0 saturated carbocycles. The molecular weight excluding hydrogens is 308 g/mol. The lowest BCUT2D eigenvalue weighted by molar-refractivity contribution is -0.126. The lowest BCUT2D eigenvalue weighted by Crippen LogP contribution is -2.36. The van der Waals surface area contributed by atoms with E-state index in [0.29, 0.717) is 31.3 Å². The molecule has 1 atom stereocenters. The Labute approximate surface area is 129 Å². The highest BCUT2D eigenvalue weighted by Gasteiger charge is 2.31. The van der Waals surface area contributed by atoms with Gasteiger partial charge >= 0.3 is 0 Å². The zero-order valence-electron chi connectivity index (χ0n) is 12.2. The molecule has 0 radical (unpaired) electrons. The third-order valence-corrected chi connectivity index (χ3v) is 5.21. The van der Waals surface area contributed by atoms with Crippen molar-refractivity contribution in [1.82, 2.24) is 9.62 Å². The highest BCUT2D eigenvalue weighted by molar-refractivity contribution is 7.89. The molecule has 2 aliphatic rings. The molecule has 1 aromatic rings. The SMILES string of the molecule is CN1C[C@H](NS(=O)(=O)c2ccc3c(c2)OCCCO3)CC1=O. The Morgan fingerprint density at radius 2 is 1.95 bits per heavy atom. The van der Waals surface area contributed by atoms with E-state index in [4.69, 9.17) is 9.47 Å². The van der Waals surface area contributed by atoms with Gasteiger partial charge < -0.3 is 14.4 Å². The number of sulfonamides is 1. The van der Waals surface area contributed by atoms with Crippen LogP contribution in [0, 0.1) is 0 Å². The van der Waals surface area contributed by atoms with Crippen molar-refractivity contribution >= 4 is 15.9 Å². The van der Waals surface area contributed by atoms with E-state index in [1.165, 1.54) is 17.0 Å². The van der Waals surface area contributed by atoms with Gasteiger partial charge in [-0.05, 0) is 12.1 Å². The number of likely N-dealkylation sites (tertiary alicyclic amines) is 1. The predicted octanol–water partition coefficient (Wildman–Crippen LogP) is 0.357. The molecule has 8 heteroatoms. The summed E-state index contributed by atoms with van der Waals surface area (Å²) >= 11 is 0. The predicted molar refractivity (Wildman–Crippen MR) is 78.4 cm³/mol. The number of ether oxygens (including phenoxy) is 2. The molecule has 0 spiro atoms. The lowest BCUT2D eigenvalue weighted by atomic mass is 10.3. The second-order valence-electron chi connectivity index (χ2n) is 5.46. The fourth-order valence-electron chi connectivity index (χ4n) is 2.54. The average molecular weight is 326 g/mol. The lowest BCUT2D eigenvalue weighted by Gasteiger charge is -2.14. The molecule has 2 aliphatic heterocycles. The molecule has 2 heterocycles. The molecule has 22 heavy (non-hydrogen) atoms. The average Bonchev–Trinajstić information content (AvgIpc) is 2.67. The second-order valence-corrected chi connectivity index (χ2v) is 7.17. The van der Waals surface area contributed by atoms with Crippen molar-refractivity contribution in [3.05, 3.63) is 18.2 Å². The standard InChI is InChI=1S/C14H18N2O5S/c1-16-9-10(7-14(16)17)15-22(18,19)11-3-4-12-13(8-11)21-6-2-5-20-12/h3-4,8,10,15H,2,5-7,9H2,1H3/t10-/m1/s1. The van der Waals surface area contributed by atoms with Gasteiger partial charge in [-0.2, -0.15) is 0 Å². The zero-order valence-corrected chi connectivity index (χ0v) is 13.1. The first kappa shape index (κ1) is 15.1. The van der Waals surface area contributed by atoms with Gasteiger partial charge in [0.15, 0.2) is 11.5 Å². The van der Waals surface area contributed by atoms with Crippen LogP contribution in [0.1, 0.15) is 12.8 Å². The van der Waals surface area contributed by atoms with Gasteiger partial charge in [0.1, 0.15) is 0 Å². The van der Waals surface area contributed by atoms with E-state index in [-0.39, 0.29) is 17.2 Å². The van der Waals surface area contributed by atoms with E-state index < -0.39 is 16.1 Å². The molecule has 0 aromatic heterocycles. The van der Waals surface area contributed by atoms with Crippen LogP contribution in [-0.4, -0.2) is 52.1 Å². The van der Waals surface area contributed by atoms with Crippen LogP contribution in [0.15, 0.2) is 23.1 Å². The number of fused-ring (bicyclic) bond motifs is 1. The number of nitrogens with one attached hydrogen (secondary N) is 1. The van der Waals surface area contributed by atoms with Gasteiger partial charge in [-0.3, -0.25) is 4.79 Å². The third kappa shape index (κ3) is 3.02. The van der Waals surface area contributed by atoms with E-state index in [9.17, 15) is 13.2 Å². The topological polar surface area (TPSA) is 84.9 Å². The second kappa shape index (κ2) is 5.77. The summed E-state index contributed by atoms with van der Waals surface area (Å²) in [7, 11) is -2.04. The third-order valence-electron chi connectivity index (χ3n) is 3.69. The fraction of sp³-hybridized carbons (Fsp3) is 0.500. The van der Waals surface area contributed by atoms with Crippen LogP contribution in [0.25, 0.3) is 0 Å². The highest BCUT2D eigenvalue weighted by Crippen LogP contribution is 2.32. The van der Waals surface area contributed by atoms with Gasteiger partial charge in [0.25, 0.3) is 0 Å². The molecule has 7 nitrogen and oxygen atoms in total. The minimum absolute atomic E-state index is 0.0636. The van der Waals surface area contributed by atoms with Crippen molar-refractivity contribution < 1.29 is 22.7 Å². The van der Waals surface area contributed by atoms with Crippen molar-refractivity contribution in [1.29, 1.82) is 0 Å². The minimum Gasteiger partial charge on any atom is -0.490 e. The van der Waals surface area contributed by atoms with Crippen molar-refractivity contribution in [3.63, 3.8) is 0 Å². The van der Waals surface area contributed by atoms with E-state index in [1.807, 2.05) is 0 Å². The number of amides is 1. The molecule has 1 amide bonds. The van der Waals surface area contributed by atoms with Crippen LogP contribution < -0.4 is 14.2 Å². The number of carbonyl (C=O) groups is 1. The Bertz CT molecular complexity index is 688. The number of hydrogen-bond acceptors (Lipinski definition) is 5.